The van der Waals surface area contributed by atoms with Gasteiger partial charge in [-0.3, -0.25) is 14.5 Å². The zero-order valence-electron chi connectivity index (χ0n) is 20.4. The summed E-state index contributed by atoms with van der Waals surface area (Å²) in [5.41, 5.74) is 3.38. The maximum atomic E-state index is 13.4. The molecule has 0 saturated heterocycles. The number of carbonyl (C=O) groups is 2. The molecule has 0 spiro atoms. The van der Waals surface area contributed by atoms with Gasteiger partial charge in [-0.1, -0.05) is 42.5 Å². The van der Waals surface area contributed by atoms with Crippen molar-refractivity contribution in [2.45, 2.75) is 25.3 Å². The van der Waals surface area contributed by atoms with Crippen LogP contribution in [-0.4, -0.2) is 41.1 Å². The highest BCUT2D eigenvalue weighted by Gasteiger charge is 2.33. The molecular weight excluding hydrogens is 518 g/mol. The molecule has 1 aliphatic rings. The number of hydrogen-bond donors (Lipinski definition) is 1. The van der Waals surface area contributed by atoms with Gasteiger partial charge in [-0.05, 0) is 48.1 Å². The number of anilines is 2. The van der Waals surface area contributed by atoms with E-state index in [2.05, 4.69) is 0 Å². The molecule has 9 heteroatoms. The SMILES string of the molecule is O=C(c1cccs1)N(CCCC(=O)N1c2ccccc2C[C@H]1CO)c1nc(-c2cc3ccccc3o2)cs1. The van der Waals surface area contributed by atoms with Crippen LogP contribution >= 0.6 is 22.7 Å². The molecule has 0 bridgehead atoms. The number of aromatic nitrogens is 1. The van der Waals surface area contributed by atoms with Crippen molar-refractivity contribution in [3.63, 3.8) is 0 Å². The number of aliphatic hydroxyl groups is 1. The molecule has 5 aromatic rings. The highest BCUT2D eigenvalue weighted by molar-refractivity contribution is 7.14. The Morgan fingerprint density at radius 3 is 2.74 bits per heavy atom. The molecule has 0 fully saturated rings. The van der Waals surface area contributed by atoms with E-state index in [-0.39, 0.29) is 30.9 Å². The van der Waals surface area contributed by atoms with Crippen molar-refractivity contribution in [1.29, 1.82) is 0 Å². The number of para-hydroxylation sites is 2. The Hall–Kier alpha value is -3.79. The molecule has 1 aliphatic heterocycles. The van der Waals surface area contributed by atoms with Crippen LogP contribution in [-0.2, 0) is 11.2 Å². The minimum absolute atomic E-state index is 0.0559. The maximum absolute atomic E-state index is 13.4. The predicted molar refractivity (Wildman–Crippen MR) is 151 cm³/mol. The van der Waals surface area contributed by atoms with E-state index in [1.54, 1.807) is 15.9 Å². The second-order valence-corrected chi connectivity index (χ2v) is 10.9. The van der Waals surface area contributed by atoms with E-state index in [9.17, 15) is 14.7 Å². The Labute approximate surface area is 227 Å². The summed E-state index contributed by atoms with van der Waals surface area (Å²) in [5.74, 6) is 0.451. The lowest BCUT2D eigenvalue weighted by atomic mass is 10.1. The summed E-state index contributed by atoms with van der Waals surface area (Å²) >= 11 is 2.76. The lowest BCUT2D eigenvalue weighted by Crippen LogP contribution is -2.40. The minimum atomic E-state index is -0.255. The number of nitrogens with zero attached hydrogens (tertiary/aromatic N) is 3. The van der Waals surface area contributed by atoms with Gasteiger partial charge in [0.1, 0.15) is 11.3 Å². The summed E-state index contributed by atoms with van der Waals surface area (Å²) in [7, 11) is 0. The van der Waals surface area contributed by atoms with Crippen LogP contribution in [0, 0.1) is 0 Å². The molecule has 0 radical (unpaired) electrons. The smallest absolute Gasteiger partial charge is 0.270 e. The van der Waals surface area contributed by atoms with Gasteiger partial charge in [-0.15, -0.1) is 22.7 Å². The molecule has 192 valence electrons. The molecular formula is C29H25N3O4S2. The molecule has 2 amide bonds. The number of hydrogen-bond acceptors (Lipinski definition) is 7. The van der Waals surface area contributed by atoms with Gasteiger partial charge in [-0.25, -0.2) is 4.98 Å². The van der Waals surface area contributed by atoms with E-state index in [0.29, 0.717) is 40.8 Å². The van der Waals surface area contributed by atoms with Crippen molar-refractivity contribution in [3.05, 3.63) is 87.9 Å². The number of amides is 2. The third kappa shape index (κ3) is 4.64. The van der Waals surface area contributed by atoms with Gasteiger partial charge in [0, 0.05) is 29.4 Å². The van der Waals surface area contributed by atoms with E-state index in [1.165, 1.54) is 22.7 Å². The first-order valence-electron chi connectivity index (χ1n) is 12.4. The number of carbonyl (C=O) groups excluding carboxylic acids is 2. The van der Waals surface area contributed by atoms with Crippen molar-refractivity contribution in [2.75, 3.05) is 23.0 Å². The average Bonchev–Trinajstić information content (AvgIpc) is 3.75. The van der Waals surface area contributed by atoms with Crippen molar-refractivity contribution in [1.82, 2.24) is 4.98 Å². The lowest BCUT2D eigenvalue weighted by molar-refractivity contribution is -0.119. The first-order valence-corrected chi connectivity index (χ1v) is 14.2. The number of thiophene rings is 1. The molecule has 0 unspecified atom stereocenters. The fourth-order valence-corrected chi connectivity index (χ4v) is 6.39. The molecule has 3 aromatic heterocycles. The van der Waals surface area contributed by atoms with Crippen LogP contribution in [0.4, 0.5) is 10.8 Å². The number of benzene rings is 2. The molecule has 38 heavy (non-hydrogen) atoms. The molecule has 0 aliphatic carbocycles. The van der Waals surface area contributed by atoms with Gasteiger partial charge in [0.05, 0.1) is 17.5 Å². The first kappa shape index (κ1) is 24.5. The van der Waals surface area contributed by atoms with Crippen LogP contribution < -0.4 is 9.80 Å². The molecule has 2 aromatic carbocycles. The number of fused-ring (bicyclic) bond motifs is 2. The molecule has 0 saturated carbocycles. The van der Waals surface area contributed by atoms with Crippen LogP contribution in [0.25, 0.3) is 22.4 Å². The monoisotopic (exact) mass is 543 g/mol. The summed E-state index contributed by atoms with van der Waals surface area (Å²) in [5, 5.41) is 15.2. The predicted octanol–water partition coefficient (Wildman–Crippen LogP) is 6.00. The molecule has 4 heterocycles. The molecule has 1 atom stereocenters. The summed E-state index contributed by atoms with van der Waals surface area (Å²) < 4.78 is 5.97. The Balaban J connectivity index is 1.21. The first-order chi connectivity index (χ1) is 18.6. The van der Waals surface area contributed by atoms with Crippen molar-refractivity contribution < 1.29 is 19.1 Å². The quantitative estimate of drug-likeness (QED) is 0.260. The summed E-state index contributed by atoms with van der Waals surface area (Å²) in [4.78, 5) is 35.4. The number of furan rings is 1. The minimum Gasteiger partial charge on any atom is -0.454 e. The van der Waals surface area contributed by atoms with Crippen LogP contribution in [0.1, 0.15) is 28.1 Å². The zero-order chi connectivity index (χ0) is 26.1. The average molecular weight is 544 g/mol. The Kier molecular flexibility index (Phi) is 6.80. The topological polar surface area (TPSA) is 86.9 Å². The summed E-state index contributed by atoms with van der Waals surface area (Å²) in [6, 6.07) is 20.9. The van der Waals surface area contributed by atoms with Crippen molar-refractivity contribution >= 4 is 56.3 Å². The molecule has 7 nitrogen and oxygen atoms in total. The number of aliphatic hydroxyl groups excluding tert-OH is 1. The van der Waals surface area contributed by atoms with E-state index < -0.39 is 0 Å². The maximum Gasteiger partial charge on any atom is 0.270 e. The zero-order valence-corrected chi connectivity index (χ0v) is 22.1. The van der Waals surface area contributed by atoms with E-state index in [1.807, 2.05) is 71.4 Å². The van der Waals surface area contributed by atoms with Crippen LogP contribution in [0.3, 0.4) is 0 Å². The van der Waals surface area contributed by atoms with Gasteiger partial charge >= 0.3 is 0 Å². The number of rotatable bonds is 8. The van der Waals surface area contributed by atoms with Crippen LogP contribution in [0.5, 0.6) is 0 Å². The summed E-state index contributed by atoms with van der Waals surface area (Å²) in [6.07, 6.45) is 1.36. The van der Waals surface area contributed by atoms with Gasteiger partial charge in [0.25, 0.3) is 5.91 Å². The van der Waals surface area contributed by atoms with E-state index in [0.717, 1.165) is 22.2 Å². The van der Waals surface area contributed by atoms with E-state index in [4.69, 9.17) is 9.40 Å². The standard InChI is InChI=1S/C29H25N3O4S2/c33-17-21-15-19-7-1-3-9-23(19)32(21)27(34)12-5-13-31(28(35)26-11-6-14-37-26)29-30-22(18-38-29)25-16-20-8-2-4-10-24(20)36-25/h1-4,6-11,14,16,18,21,33H,5,12-13,15,17H2/t21-/m0/s1. The highest BCUT2D eigenvalue weighted by Crippen LogP contribution is 2.34. The Morgan fingerprint density at radius 1 is 1.08 bits per heavy atom. The normalized spacial score (nSPS) is 14.7. The fourth-order valence-electron chi connectivity index (χ4n) is 4.88. The second kappa shape index (κ2) is 10.5. The largest absolute Gasteiger partial charge is 0.454 e. The van der Waals surface area contributed by atoms with Gasteiger partial charge in [-0.2, -0.15) is 0 Å². The third-order valence-corrected chi connectivity index (χ3v) is 8.42. The van der Waals surface area contributed by atoms with Crippen molar-refractivity contribution in [3.8, 4) is 11.5 Å². The van der Waals surface area contributed by atoms with Crippen LogP contribution in [0.2, 0.25) is 0 Å². The highest BCUT2D eigenvalue weighted by atomic mass is 32.1. The Bertz CT molecular complexity index is 1560. The van der Waals surface area contributed by atoms with Crippen LogP contribution in [0.15, 0.2) is 81.9 Å². The summed E-state index contributed by atoms with van der Waals surface area (Å²) in [6.45, 7) is 0.252. The molecule has 1 N–H and O–H groups in total. The van der Waals surface area contributed by atoms with Crippen molar-refractivity contribution in [2.24, 2.45) is 0 Å². The third-order valence-electron chi connectivity index (χ3n) is 6.70. The van der Waals surface area contributed by atoms with Gasteiger partial charge in [0.2, 0.25) is 5.91 Å². The fraction of sp³-hybridized carbons (Fsp3) is 0.207. The van der Waals surface area contributed by atoms with Gasteiger partial charge < -0.3 is 14.4 Å². The van der Waals surface area contributed by atoms with E-state index >= 15 is 0 Å². The Morgan fingerprint density at radius 2 is 1.92 bits per heavy atom. The second-order valence-electron chi connectivity index (χ2n) is 9.13. The number of thiazole rings is 1. The lowest BCUT2D eigenvalue weighted by Gasteiger charge is -2.25. The van der Waals surface area contributed by atoms with Gasteiger partial charge in [0.15, 0.2) is 10.9 Å². The molecule has 6 rings (SSSR count).